The van der Waals surface area contributed by atoms with Gasteiger partial charge in [0.15, 0.2) is 16.3 Å². The minimum atomic E-state index is -0.414. The van der Waals surface area contributed by atoms with E-state index in [1.54, 1.807) is 12.3 Å². The number of hydrogen-bond donors (Lipinski definition) is 1. The van der Waals surface area contributed by atoms with Gasteiger partial charge < -0.3 is 14.3 Å². The number of methoxy groups -OCH3 is 1. The molecule has 0 radical (unpaired) electrons. The Morgan fingerprint density at radius 1 is 1.43 bits per heavy atom. The van der Waals surface area contributed by atoms with Crippen LogP contribution < -0.4 is 4.74 Å². The molecular formula is C15H14FN3OS. The Kier molecular flexibility index (Phi) is 3.47. The van der Waals surface area contributed by atoms with Gasteiger partial charge in [-0.15, -0.1) is 0 Å². The second-order valence-corrected chi connectivity index (χ2v) is 5.17. The van der Waals surface area contributed by atoms with Crippen molar-refractivity contribution in [3.05, 3.63) is 52.3 Å². The van der Waals surface area contributed by atoms with E-state index < -0.39 is 5.82 Å². The molecule has 3 aromatic rings. The van der Waals surface area contributed by atoms with Gasteiger partial charge in [0.05, 0.1) is 30.4 Å². The van der Waals surface area contributed by atoms with E-state index in [1.807, 2.05) is 23.6 Å². The van der Waals surface area contributed by atoms with Gasteiger partial charge in [-0.05, 0) is 30.8 Å². The van der Waals surface area contributed by atoms with Crippen molar-refractivity contribution in [1.82, 2.24) is 14.5 Å². The first-order valence-electron chi connectivity index (χ1n) is 6.46. The lowest BCUT2D eigenvalue weighted by atomic mass is 10.2. The number of fused-ring (bicyclic) bond motifs is 1. The highest BCUT2D eigenvalue weighted by Crippen LogP contribution is 2.25. The monoisotopic (exact) mass is 303 g/mol. The number of aryl methyl sites for hydroxylation is 1. The number of nitrogens with one attached hydrogen (secondary N) is 1. The fraction of sp³-hybridized carbons (Fsp3) is 0.200. The lowest BCUT2D eigenvalue weighted by molar-refractivity contribution is 0.387. The molecule has 108 valence electrons. The van der Waals surface area contributed by atoms with Crippen LogP contribution in [0.1, 0.15) is 11.3 Å². The Bertz CT molecular complexity index is 869. The molecule has 0 saturated carbocycles. The maximum atomic E-state index is 13.8. The SMILES string of the molecule is COc1cc2c(cc1F)[nH]c(=S)n2Cc1ncccc1C. The molecule has 1 aromatic carbocycles. The summed E-state index contributed by atoms with van der Waals surface area (Å²) in [6, 6.07) is 6.94. The molecule has 0 amide bonds. The summed E-state index contributed by atoms with van der Waals surface area (Å²) in [5.41, 5.74) is 3.45. The molecule has 21 heavy (non-hydrogen) atoms. The number of aromatic nitrogens is 3. The molecule has 2 aromatic heterocycles. The molecule has 0 aliphatic heterocycles. The normalized spacial score (nSPS) is 11.0. The number of benzene rings is 1. The Hall–Kier alpha value is -2.21. The van der Waals surface area contributed by atoms with Crippen molar-refractivity contribution in [2.45, 2.75) is 13.5 Å². The lowest BCUT2D eigenvalue weighted by Crippen LogP contribution is -2.04. The highest BCUT2D eigenvalue weighted by molar-refractivity contribution is 7.71. The summed E-state index contributed by atoms with van der Waals surface area (Å²) in [5.74, 6) is -0.217. The fourth-order valence-corrected chi connectivity index (χ4v) is 2.58. The molecule has 1 N–H and O–H groups in total. The maximum absolute atomic E-state index is 13.8. The van der Waals surface area contributed by atoms with Gasteiger partial charge in [0.25, 0.3) is 0 Å². The number of H-pyrrole nitrogens is 1. The van der Waals surface area contributed by atoms with E-state index in [1.165, 1.54) is 13.2 Å². The van der Waals surface area contributed by atoms with Crippen LogP contribution in [0, 0.1) is 17.5 Å². The smallest absolute Gasteiger partial charge is 0.178 e. The molecule has 2 heterocycles. The fourth-order valence-electron chi connectivity index (χ4n) is 2.31. The van der Waals surface area contributed by atoms with Crippen molar-refractivity contribution in [2.24, 2.45) is 0 Å². The minimum Gasteiger partial charge on any atom is -0.494 e. The van der Waals surface area contributed by atoms with E-state index in [4.69, 9.17) is 17.0 Å². The largest absolute Gasteiger partial charge is 0.494 e. The predicted octanol–water partition coefficient (Wildman–Crippen LogP) is 3.60. The zero-order valence-electron chi connectivity index (χ0n) is 11.7. The van der Waals surface area contributed by atoms with Crippen molar-refractivity contribution in [3.8, 4) is 5.75 Å². The third kappa shape index (κ3) is 2.42. The Morgan fingerprint density at radius 3 is 2.95 bits per heavy atom. The first kappa shape index (κ1) is 13.8. The van der Waals surface area contributed by atoms with E-state index in [0.29, 0.717) is 16.8 Å². The van der Waals surface area contributed by atoms with E-state index >= 15 is 0 Å². The Labute approximate surface area is 126 Å². The Balaban J connectivity index is 2.16. The molecule has 0 saturated heterocycles. The quantitative estimate of drug-likeness (QED) is 0.752. The van der Waals surface area contributed by atoms with Crippen LogP contribution in [0.4, 0.5) is 4.39 Å². The third-order valence-electron chi connectivity index (χ3n) is 3.47. The van der Waals surface area contributed by atoms with Crippen molar-refractivity contribution in [3.63, 3.8) is 0 Å². The summed E-state index contributed by atoms with van der Waals surface area (Å²) in [7, 11) is 1.44. The number of pyridine rings is 1. The average Bonchev–Trinajstić information content (AvgIpc) is 2.75. The van der Waals surface area contributed by atoms with Gasteiger partial charge in [-0.3, -0.25) is 4.98 Å². The molecule has 0 bridgehead atoms. The average molecular weight is 303 g/mol. The summed E-state index contributed by atoms with van der Waals surface area (Å²) < 4.78 is 21.2. The number of nitrogens with zero attached hydrogens (tertiary/aromatic N) is 2. The summed E-state index contributed by atoms with van der Waals surface area (Å²) in [6.07, 6.45) is 1.75. The second-order valence-electron chi connectivity index (χ2n) is 4.79. The van der Waals surface area contributed by atoms with Crippen LogP contribution in [0.15, 0.2) is 30.5 Å². The van der Waals surface area contributed by atoms with E-state index in [0.717, 1.165) is 16.8 Å². The number of aromatic amines is 1. The van der Waals surface area contributed by atoms with Gasteiger partial charge in [-0.1, -0.05) is 6.07 Å². The predicted molar refractivity (Wildman–Crippen MR) is 81.7 cm³/mol. The van der Waals surface area contributed by atoms with Crippen molar-refractivity contribution < 1.29 is 9.13 Å². The number of hydrogen-bond acceptors (Lipinski definition) is 3. The summed E-state index contributed by atoms with van der Waals surface area (Å²) >= 11 is 5.33. The highest BCUT2D eigenvalue weighted by atomic mass is 32.1. The van der Waals surface area contributed by atoms with Crippen LogP contribution in [0.2, 0.25) is 0 Å². The van der Waals surface area contributed by atoms with Crippen LogP contribution in [-0.4, -0.2) is 21.6 Å². The summed E-state index contributed by atoms with van der Waals surface area (Å²) in [4.78, 5) is 7.39. The molecule has 0 atom stereocenters. The van der Waals surface area contributed by atoms with Gasteiger partial charge in [0.2, 0.25) is 0 Å². The number of ether oxygens (including phenoxy) is 1. The number of halogens is 1. The van der Waals surface area contributed by atoms with E-state index in [9.17, 15) is 4.39 Å². The van der Waals surface area contributed by atoms with Gasteiger partial charge in [-0.2, -0.15) is 0 Å². The van der Waals surface area contributed by atoms with Gasteiger partial charge in [0, 0.05) is 18.3 Å². The molecule has 0 spiro atoms. The van der Waals surface area contributed by atoms with E-state index in [2.05, 4.69) is 9.97 Å². The van der Waals surface area contributed by atoms with Gasteiger partial charge in [-0.25, -0.2) is 4.39 Å². The topological polar surface area (TPSA) is 42.8 Å². The lowest BCUT2D eigenvalue weighted by Gasteiger charge is -2.08. The van der Waals surface area contributed by atoms with E-state index in [-0.39, 0.29) is 5.75 Å². The molecule has 0 aliphatic carbocycles. The van der Waals surface area contributed by atoms with Crippen LogP contribution in [0.3, 0.4) is 0 Å². The molecule has 6 heteroatoms. The molecule has 0 fully saturated rings. The molecule has 4 nitrogen and oxygen atoms in total. The van der Waals surface area contributed by atoms with Crippen molar-refractivity contribution in [2.75, 3.05) is 7.11 Å². The minimum absolute atomic E-state index is 0.197. The molecule has 0 aliphatic rings. The van der Waals surface area contributed by atoms with Crippen LogP contribution in [-0.2, 0) is 6.54 Å². The van der Waals surface area contributed by atoms with Crippen LogP contribution in [0.25, 0.3) is 11.0 Å². The zero-order chi connectivity index (χ0) is 15.0. The maximum Gasteiger partial charge on any atom is 0.178 e. The number of rotatable bonds is 3. The molecule has 3 rings (SSSR count). The highest BCUT2D eigenvalue weighted by Gasteiger charge is 2.12. The first-order valence-corrected chi connectivity index (χ1v) is 6.87. The first-order chi connectivity index (χ1) is 10.1. The zero-order valence-corrected chi connectivity index (χ0v) is 12.5. The number of imidazole rings is 1. The summed E-state index contributed by atoms with van der Waals surface area (Å²) in [6.45, 7) is 2.53. The third-order valence-corrected chi connectivity index (χ3v) is 3.80. The standard InChI is InChI=1S/C15H14FN3OS/c1-9-4-3-5-17-12(9)8-19-13-7-14(20-2)10(16)6-11(13)18-15(19)21/h3-7H,8H2,1-2H3,(H,18,21). The van der Waals surface area contributed by atoms with Crippen molar-refractivity contribution >= 4 is 23.3 Å². The Morgan fingerprint density at radius 2 is 2.24 bits per heavy atom. The summed E-state index contributed by atoms with van der Waals surface area (Å²) in [5, 5.41) is 0. The molecular weight excluding hydrogens is 289 g/mol. The van der Waals surface area contributed by atoms with Gasteiger partial charge in [0.1, 0.15) is 0 Å². The van der Waals surface area contributed by atoms with Crippen molar-refractivity contribution in [1.29, 1.82) is 0 Å². The second kappa shape index (κ2) is 5.29. The van der Waals surface area contributed by atoms with Crippen LogP contribution in [0.5, 0.6) is 5.75 Å². The van der Waals surface area contributed by atoms with Gasteiger partial charge >= 0.3 is 0 Å². The molecule has 0 unspecified atom stereocenters. The van der Waals surface area contributed by atoms with Crippen LogP contribution >= 0.6 is 12.2 Å².